The van der Waals surface area contributed by atoms with Gasteiger partial charge < -0.3 is 18.6 Å². The van der Waals surface area contributed by atoms with Crippen LogP contribution in [0.2, 0.25) is 0 Å². The fourth-order valence-electron chi connectivity index (χ4n) is 3.77. The molecule has 35 heavy (non-hydrogen) atoms. The van der Waals surface area contributed by atoms with Crippen molar-refractivity contribution in [3.8, 4) is 38.7 Å². The zero-order valence-corrected chi connectivity index (χ0v) is 20.6. The number of hydrogen-bond donors (Lipinski definition) is 0. The molecular weight excluding hydrogens is 484 g/mol. The molecule has 6 aromatic rings. The molecule has 0 atom stereocenters. The Morgan fingerprint density at radius 1 is 1.06 bits per heavy atom. The lowest BCUT2D eigenvalue weighted by atomic mass is 10.2. The number of imidazole rings is 1. The topological polar surface area (TPSA) is 83.9 Å². The highest BCUT2D eigenvalue weighted by molar-refractivity contribution is 7.18. The largest absolute Gasteiger partial charge is 0.496 e. The van der Waals surface area contributed by atoms with Gasteiger partial charge in [0.05, 0.1) is 38.1 Å². The third kappa shape index (κ3) is 4.11. The molecule has 176 valence electrons. The van der Waals surface area contributed by atoms with E-state index in [-0.39, 0.29) is 0 Å². The molecule has 6 rings (SSSR count). The number of ether oxygens (including phenoxy) is 3. The van der Waals surface area contributed by atoms with E-state index in [0.29, 0.717) is 41.1 Å². The van der Waals surface area contributed by atoms with Gasteiger partial charge in [-0.25, -0.2) is 9.97 Å². The number of hydrogen-bond acceptors (Lipinski definition) is 9. The molecule has 0 saturated carbocycles. The van der Waals surface area contributed by atoms with Crippen molar-refractivity contribution in [3.63, 3.8) is 0 Å². The minimum atomic E-state index is 0.473. The second-order valence-electron chi connectivity index (χ2n) is 7.67. The maximum atomic E-state index is 6.19. The van der Waals surface area contributed by atoms with Crippen LogP contribution in [0, 0.1) is 0 Å². The van der Waals surface area contributed by atoms with Gasteiger partial charge in [0.15, 0.2) is 5.76 Å². The van der Waals surface area contributed by atoms with Gasteiger partial charge in [-0.3, -0.25) is 0 Å². The van der Waals surface area contributed by atoms with Crippen LogP contribution in [0.4, 0.5) is 0 Å². The van der Waals surface area contributed by atoms with Crippen molar-refractivity contribution in [3.05, 3.63) is 65.8 Å². The maximum absolute atomic E-state index is 6.19. The number of benzene rings is 2. The first-order chi connectivity index (χ1) is 17.2. The van der Waals surface area contributed by atoms with Crippen LogP contribution < -0.4 is 14.2 Å². The van der Waals surface area contributed by atoms with Gasteiger partial charge in [-0.1, -0.05) is 30.3 Å². The Balaban J connectivity index is 1.25. The minimum Gasteiger partial charge on any atom is -0.496 e. The molecule has 2 aromatic carbocycles. The lowest BCUT2D eigenvalue weighted by molar-refractivity contribution is 0.321. The smallest absolute Gasteiger partial charge is 0.294 e. The van der Waals surface area contributed by atoms with Gasteiger partial charge in [-0.2, -0.15) is 4.52 Å². The molecule has 0 fully saturated rings. The van der Waals surface area contributed by atoms with Gasteiger partial charge >= 0.3 is 0 Å². The van der Waals surface area contributed by atoms with Crippen LogP contribution in [0.25, 0.3) is 38.0 Å². The highest BCUT2D eigenvalue weighted by atomic mass is 32.1. The zero-order valence-electron chi connectivity index (χ0n) is 18.9. The van der Waals surface area contributed by atoms with Gasteiger partial charge in [0, 0.05) is 29.5 Å². The molecule has 0 aliphatic rings. The number of nitrogens with zero attached hydrogens (tertiary/aromatic N) is 4. The lowest BCUT2D eigenvalue weighted by Crippen LogP contribution is -2.02. The van der Waals surface area contributed by atoms with Crippen LogP contribution in [0.3, 0.4) is 0 Å². The third-order valence-electron chi connectivity index (χ3n) is 5.49. The van der Waals surface area contributed by atoms with Crippen molar-refractivity contribution < 1.29 is 18.6 Å². The first-order valence-electron chi connectivity index (χ1n) is 10.8. The summed E-state index contributed by atoms with van der Waals surface area (Å²) in [5, 5.41) is 8.90. The van der Waals surface area contributed by atoms with E-state index < -0.39 is 0 Å². The van der Waals surface area contributed by atoms with Crippen LogP contribution >= 0.6 is 22.7 Å². The van der Waals surface area contributed by atoms with Crippen LogP contribution in [-0.4, -0.2) is 40.4 Å². The fourth-order valence-corrected chi connectivity index (χ4v) is 5.33. The predicted molar refractivity (Wildman–Crippen MR) is 136 cm³/mol. The third-order valence-corrected chi connectivity index (χ3v) is 7.31. The summed E-state index contributed by atoms with van der Waals surface area (Å²) >= 11 is 3.00. The molecule has 0 N–H and O–H groups in total. The van der Waals surface area contributed by atoms with E-state index in [1.807, 2.05) is 36.4 Å². The molecule has 4 aromatic heterocycles. The molecule has 0 unspecified atom stereocenters. The summed E-state index contributed by atoms with van der Waals surface area (Å²) in [4.78, 5) is 9.89. The molecule has 8 nitrogen and oxygen atoms in total. The van der Waals surface area contributed by atoms with Crippen LogP contribution in [-0.2, 0) is 6.42 Å². The van der Waals surface area contributed by atoms with Gasteiger partial charge in [0.1, 0.15) is 27.8 Å². The van der Waals surface area contributed by atoms with E-state index >= 15 is 0 Å². The highest BCUT2D eigenvalue weighted by Crippen LogP contribution is 2.38. The van der Waals surface area contributed by atoms with Gasteiger partial charge in [-0.05, 0) is 17.4 Å². The Hall–Kier alpha value is -3.89. The van der Waals surface area contributed by atoms with Gasteiger partial charge in [0.25, 0.3) is 5.19 Å². The standard InChI is InChI=1S/C25H20N4O4S2/c1-30-17-10-20(32-9-8-16-14-34-23(27-16)15-6-4-3-5-7-15)18-12-22(33-21(18)11-17)19-13-26-24-29(19)28-25(31-2)35-24/h3-7,10-14H,8-9H2,1-2H3. The Bertz CT molecular complexity index is 1620. The van der Waals surface area contributed by atoms with Gasteiger partial charge in [-0.15, -0.1) is 16.4 Å². The molecule has 0 radical (unpaired) electrons. The summed E-state index contributed by atoms with van der Waals surface area (Å²) in [6.45, 7) is 0.473. The Labute approximate surface area is 208 Å². The van der Waals surface area contributed by atoms with Crippen molar-refractivity contribution in [1.82, 2.24) is 19.6 Å². The van der Waals surface area contributed by atoms with E-state index in [1.54, 1.807) is 36.3 Å². The Kier molecular flexibility index (Phi) is 5.59. The summed E-state index contributed by atoms with van der Waals surface area (Å²) in [7, 11) is 3.21. The van der Waals surface area contributed by atoms with E-state index in [9.17, 15) is 0 Å². The van der Waals surface area contributed by atoms with Crippen molar-refractivity contribution in [2.75, 3.05) is 20.8 Å². The zero-order chi connectivity index (χ0) is 23.8. The average Bonchev–Trinajstić information content (AvgIpc) is 3.67. The molecule has 0 spiro atoms. The predicted octanol–water partition coefficient (Wildman–Crippen LogP) is 5.97. The molecule has 4 heterocycles. The second kappa shape index (κ2) is 9.05. The first-order valence-corrected chi connectivity index (χ1v) is 12.5. The summed E-state index contributed by atoms with van der Waals surface area (Å²) in [5.74, 6) is 1.97. The summed E-state index contributed by atoms with van der Waals surface area (Å²) in [6.07, 6.45) is 2.43. The number of methoxy groups -OCH3 is 2. The number of thiazole rings is 1. The molecule has 0 aliphatic carbocycles. The molecule has 0 saturated heterocycles. The quantitative estimate of drug-likeness (QED) is 0.253. The van der Waals surface area contributed by atoms with Crippen molar-refractivity contribution in [2.45, 2.75) is 6.42 Å². The van der Waals surface area contributed by atoms with E-state index in [0.717, 1.165) is 32.3 Å². The molecule has 0 amide bonds. The second-order valence-corrected chi connectivity index (χ2v) is 9.44. The van der Waals surface area contributed by atoms with Crippen LogP contribution in [0.15, 0.2) is 64.5 Å². The first kappa shape index (κ1) is 21.6. The number of furan rings is 1. The van der Waals surface area contributed by atoms with E-state index in [4.69, 9.17) is 23.6 Å². The normalized spacial score (nSPS) is 11.4. The molecule has 10 heteroatoms. The maximum Gasteiger partial charge on any atom is 0.294 e. The Morgan fingerprint density at radius 2 is 1.94 bits per heavy atom. The summed E-state index contributed by atoms with van der Waals surface area (Å²) in [5.41, 5.74) is 3.51. The monoisotopic (exact) mass is 504 g/mol. The Morgan fingerprint density at radius 3 is 2.77 bits per heavy atom. The summed E-state index contributed by atoms with van der Waals surface area (Å²) in [6, 6.07) is 15.8. The number of aromatic nitrogens is 4. The molecule has 0 bridgehead atoms. The fraction of sp³-hybridized carbons (Fsp3) is 0.160. The van der Waals surface area contributed by atoms with Crippen molar-refractivity contribution >= 4 is 38.6 Å². The van der Waals surface area contributed by atoms with Crippen molar-refractivity contribution in [1.29, 1.82) is 0 Å². The SMILES string of the molecule is COc1cc(OCCc2csc(-c3ccccc3)n2)c2cc(-c3cnc4sc(OC)nn34)oc2c1. The lowest BCUT2D eigenvalue weighted by Gasteiger charge is -2.08. The van der Waals surface area contributed by atoms with E-state index in [1.165, 1.54) is 11.3 Å². The van der Waals surface area contributed by atoms with Crippen molar-refractivity contribution in [2.24, 2.45) is 0 Å². The minimum absolute atomic E-state index is 0.473. The van der Waals surface area contributed by atoms with Crippen LogP contribution in [0.5, 0.6) is 16.7 Å². The van der Waals surface area contributed by atoms with E-state index in [2.05, 4.69) is 27.6 Å². The molecular formula is C25H20N4O4S2. The van der Waals surface area contributed by atoms with Crippen LogP contribution in [0.1, 0.15) is 5.69 Å². The molecule has 0 aliphatic heterocycles. The summed E-state index contributed by atoms with van der Waals surface area (Å²) < 4.78 is 24.8. The number of rotatable bonds is 8. The number of fused-ring (bicyclic) bond motifs is 2. The van der Waals surface area contributed by atoms with Gasteiger partial charge in [0.2, 0.25) is 4.96 Å². The highest BCUT2D eigenvalue weighted by Gasteiger charge is 2.18. The average molecular weight is 505 g/mol.